The van der Waals surface area contributed by atoms with Gasteiger partial charge in [-0.3, -0.25) is 4.79 Å². The van der Waals surface area contributed by atoms with Crippen LogP contribution in [-0.4, -0.2) is 17.5 Å². The third-order valence-corrected chi connectivity index (χ3v) is 2.49. The lowest BCUT2D eigenvalue weighted by Gasteiger charge is -2.07. The second-order valence-corrected chi connectivity index (χ2v) is 2.96. The van der Waals surface area contributed by atoms with Crippen molar-refractivity contribution in [3.8, 4) is 0 Å². The Kier molecular flexibility index (Phi) is 1.86. The van der Waals surface area contributed by atoms with Crippen LogP contribution in [-0.2, 0) is 4.79 Å². The summed E-state index contributed by atoms with van der Waals surface area (Å²) in [7, 11) is 0. The Balaban J connectivity index is 2.64. The number of aliphatic carboxylic acids is 1. The molecule has 11 heavy (non-hydrogen) atoms. The molecule has 0 amide bonds. The van der Waals surface area contributed by atoms with Gasteiger partial charge in [-0.1, -0.05) is 6.92 Å². The number of carboxylic acids is 1. The van der Waals surface area contributed by atoms with Gasteiger partial charge < -0.3 is 5.11 Å². The zero-order valence-electron chi connectivity index (χ0n) is 6.18. The monoisotopic (exact) mass is 164 g/mol. The molecule has 0 bridgehead atoms. The highest BCUT2D eigenvalue weighted by Gasteiger charge is 2.63. The lowest BCUT2D eigenvalue weighted by molar-refractivity contribution is -0.145. The highest BCUT2D eigenvalue weighted by atomic mass is 19.3. The maximum atomic E-state index is 12.0. The van der Waals surface area contributed by atoms with Crippen LogP contribution in [0.4, 0.5) is 8.78 Å². The first-order valence-electron chi connectivity index (χ1n) is 3.56. The summed E-state index contributed by atoms with van der Waals surface area (Å²) in [5.74, 6) is -1.99. The summed E-state index contributed by atoms with van der Waals surface area (Å²) in [6, 6.07) is 0. The number of halogens is 2. The Hall–Kier alpha value is -0.670. The average Bonchev–Trinajstić information content (AvgIpc) is 2.62. The van der Waals surface area contributed by atoms with E-state index in [1.807, 2.05) is 0 Å². The highest BCUT2D eigenvalue weighted by Crippen LogP contribution is 2.58. The number of hydrogen-bond donors (Lipinski definition) is 1. The van der Waals surface area contributed by atoms with E-state index in [0.717, 1.165) is 0 Å². The Morgan fingerprint density at radius 2 is 2.36 bits per heavy atom. The van der Waals surface area contributed by atoms with Gasteiger partial charge in [-0.2, -0.15) is 0 Å². The third kappa shape index (κ3) is 1.10. The van der Waals surface area contributed by atoms with Crippen LogP contribution in [0, 0.1) is 11.3 Å². The molecule has 1 aliphatic rings. The molecule has 1 fully saturated rings. The SMILES string of the molecule is CC[C@]1(C(=O)O)CC1C(F)F. The van der Waals surface area contributed by atoms with Crippen molar-refractivity contribution < 1.29 is 18.7 Å². The van der Waals surface area contributed by atoms with Crippen molar-refractivity contribution in [2.75, 3.05) is 0 Å². The fourth-order valence-electron chi connectivity index (χ4n) is 1.47. The van der Waals surface area contributed by atoms with E-state index in [-0.39, 0.29) is 6.42 Å². The summed E-state index contributed by atoms with van der Waals surface area (Å²) >= 11 is 0. The number of carbonyl (C=O) groups is 1. The third-order valence-electron chi connectivity index (χ3n) is 2.49. The van der Waals surface area contributed by atoms with Crippen LogP contribution in [0.1, 0.15) is 19.8 Å². The second kappa shape index (κ2) is 2.43. The zero-order chi connectivity index (χ0) is 8.65. The topological polar surface area (TPSA) is 37.3 Å². The summed E-state index contributed by atoms with van der Waals surface area (Å²) in [4.78, 5) is 10.5. The molecular weight excluding hydrogens is 154 g/mol. The first-order valence-corrected chi connectivity index (χ1v) is 3.56. The standard InChI is InChI=1S/C7H10F2O2/c1-2-7(6(10)11)3-4(7)5(8)9/h4-5H,2-3H2,1H3,(H,10,11)/t4?,7-/m0/s1. The molecule has 1 aliphatic carbocycles. The Morgan fingerprint density at radius 1 is 1.82 bits per heavy atom. The molecule has 2 atom stereocenters. The number of rotatable bonds is 3. The van der Waals surface area contributed by atoms with E-state index in [1.165, 1.54) is 0 Å². The number of carboxylic acid groups (broad SMARTS) is 1. The largest absolute Gasteiger partial charge is 0.481 e. The van der Waals surface area contributed by atoms with Gasteiger partial charge in [0.2, 0.25) is 6.43 Å². The first-order chi connectivity index (χ1) is 5.04. The minimum atomic E-state index is -2.48. The molecule has 0 aromatic rings. The van der Waals surface area contributed by atoms with Gasteiger partial charge in [-0.05, 0) is 12.8 Å². The molecule has 1 rings (SSSR count). The first kappa shape index (κ1) is 8.43. The maximum Gasteiger partial charge on any atom is 0.310 e. The fraction of sp³-hybridized carbons (Fsp3) is 0.857. The lowest BCUT2D eigenvalue weighted by Crippen LogP contribution is -2.18. The van der Waals surface area contributed by atoms with Crippen molar-refractivity contribution in [3.63, 3.8) is 0 Å². The van der Waals surface area contributed by atoms with Crippen LogP contribution in [0.2, 0.25) is 0 Å². The Bertz CT molecular complexity index is 181. The molecule has 2 nitrogen and oxygen atoms in total. The molecule has 4 heteroatoms. The van der Waals surface area contributed by atoms with Crippen molar-refractivity contribution in [3.05, 3.63) is 0 Å². The number of alkyl halides is 2. The molecule has 1 N–H and O–H groups in total. The lowest BCUT2D eigenvalue weighted by atomic mass is 10.0. The number of hydrogen-bond acceptors (Lipinski definition) is 1. The van der Waals surface area contributed by atoms with Gasteiger partial charge in [-0.15, -0.1) is 0 Å². The smallest absolute Gasteiger partial charge is 0.310 e. The fourth-order valence-corrected chi connectivity index (χ4v) is 1.47. The van der Waals surface area contributed by atoms with Crippen molar-refractivity contribution in [2.45, 2.75) is 26.2 Å². The molecule has 0 spiro atoms. The minimum Gasteiger partial charge on any atom is -0.481 e. The molecule has 0 aromatic carbocycles. The quantitative estimate of drug-likeness (QED) is 0.689. The van der Waals surface area contributed by atoms with Gasteiger partial charge in [0.05, 0.1) is 5.41 Å². The Morgan fingerprint density at radius 3 is 2.45 bits per heavy atom. The van der Waals surface area contributed by atoms with Crippen molar-refractivity contribution in [2.24, 2.45) is 11.3 Å². The van der Waals surface area contributed by atoms with Gasteiger partial charge in [0.1, 0.15) is 0 Å². The normalized spacial score (nSPS) is 35.8. The van der Waals surface area contributed by atoms with Gasteiger partial charge >= 0.3 is 5.97 Å². The molecule has 1 saturated carbocycles. The molecular formula is C7H10F2O2. The predicted octanol–water partition coefficient (Wildman–Crippen LogP) is 1.75. The summed E-state index contributed by atoms with van der Waals surface area (Å²) in [6.07, 6.45) is -2.04. The van der Waals surface area contributed by atoms with Gasteiger partial charge in [-0.25, -0.2) is 8.78 Å². The van der Waals surface area contributed by atoms with E-state index in [9.17, 15) is 13.6 Å². The van der Waals surface area contributed by atoms with Crippen LogP contribution >= 0.6 is 0 Å². The molecule has 0 aromatic heterocycles. The van der Waals surface area contributed by atoms with E-state index in [1.54, 1.807) is 6.92 Å². The van der Waals surface area contributed by atoms with Crippen LogP contribution in [0.5, 0.6) is 0 Å². The second-order valence-electron chi connectivity index (χ2n) is 2.96. The average molecular weight is 164 g/mol. The molecule has 0 heterocycles. The zero-order valence-corrected chi connectivity index (χ0v) is 6.18. The molecule has 1 unspecified atom stereocenters. The highest BCUT2D eigenvalue weighted by molar-refractivity contribution is 5.78. The van der Waals surface area contributed by atoms with Crippen LogP contribution in [0.3, 0.4) is 0 Å². The molecule has 64 valence electrons. The van der Waals surface area contributed by atoms with Crippen LogP contribution in [0.15, 0.2) is 0 Å². The predicted molar refractivity (Wildman–Crippen MR) is 34.5 cm³/mol. The van der Waals surface area contributed by atoms with E-state index in [0.29, 0.717) is 6.42 Å². The van der Waals surface area contributed by atoms with E-state index < -0.39 is 23.7 Å². The van der Waals surface area contributed by atoms with E-state index in [2.05, 4.69) is 0 Å². The van der Waals surface area contributed by atoms with E-state index >= 15 is 0 Å². The van der Waals surface area contributed by atoms with Gasteiger partial charge in [0, 0.05) is 5.92 Å². The van der Waals surface area contributed by atoms with Crippen molar-refractivity contribution in [1.82, 2.24) is 0 Å². The van der Waals surface area contributed by atoms with Crippen molar-refractivity contribution >= 4 is 5.97 Å². The molecule has 0 radical (unpaired) electrons. The summed E-state index contributed by atoms with van der Waals surface area (Å²) in [6.45, 7) is 1.64. The minimum absolute atomic E-state index is 0.135. The summed E-state index contributed by atoms with van der Waals surface area (Å²) in [5, 5.41) is 8.59. The van der Waals surface area contributed by atoms with Gasteiger partial charge in [0.15, 0.2) is 0 Å². The van der Waals surface area contributed by atoms with Crippen molar-refractivity contribution in [1.29, 1.82) is 0 Å². The van der Waals surface area contributed by atoms with Gasteiger partial charge in [0.25, 0.3) is 0 Å². The van der Waals surface area contributed by atoms with E-state index in [4.69, 9.17) is 5.11 Å². The molecule has 0 aliphatic heterocycles. The summed E-state index contributed by atoms with van der Waals surface area (Å²) < 4.78 is 24.0. The maximum absolute atomic E-state index is 12.0. The molecule has 0 saturated heterocycles. The Labute approximate surface area is 63.2 Å². The van der Waals surface area contributed by atoms with Crippen LogP contribution in [0.25, 0.3) is 0 Å². The van der Waals surface area contributed by atoms with Crippen LogP contribution < -0.4 is 0 Å². The summed E-state index contributed by atoms with van der Waals surface area (Å²) in [5.41, 5.74) is -1.10.